The number of nitrogens with zero attached hydrogens (tertiary/aromatic N) is 3. The third-order valence-corrected chi connectivity index (χ3v) is 7.05. The van der Waals surface area contributed by atoms with E-state index in [4.69, 9.17) is 5.26 Å². The van der Waals surface area contributed by atoms with Gasteiger partial charge in [0.2, 0.25) is 10.0 Å². The SMILES string of the molecule is Cc1ccc(S(=O)(=O)N2CCCN(Cc3ccc(C#N)cc3)CC2)cc1C. The molecular formula is C21H25N3O2S. The minimum atomic E-state index is -3.46. The van der Waals surface area contributed by atoms with Crippen molar-refractivity contribution in [3.63, 3.8) is 0 Å². The predicted molar refractivity (Wildman–Crippen MR) is 106 cm³/mol. The number of aryl methyl sites for hydroxylation is 2. The Balaban J connectivity index is 1.68. The first-order chi connectivity index (χ1) is 12.9. The van der Waals surface area contributed by atoms with Gasteiger partial charge in [-0.2, -0.15) is 9.57 Å². The van der Waals surface area contributed by atoms with Crippen LogP contribution in [0.15, 0.2) is 47.4 Å². The molecule has 0 radical (unpaired) electrons. The topological polar surface area (TPSA) is 64.4 Å². The summed E-state index contributed by atoms with van der Waals surface area (Å²) in [6.45, 7) is 7.28. The molecule has 6 heteroatoms. The van der Waals surface area contributed by atoms with Gasteiger partial charge in [0.05, 0.1) is 16.5 Å². The van der Waals surface area contributed by atoms with E-state index in [1.165, 1.54) is 0 Å². The largest absolute Gasteiger partial charge is 0.298 e. The summed E-state index contributed by atoms with van der Waals surface area (Å²) in [5.41, 5.74) is 3.88. The summed E-state index contributed by atoms with van der Waals surface area (Å²) < 4.78 is 27.6. The van der Waals surface area contributed by atoms with Crippen molar-refractivity contribution in [1.82, 2.24) is 9.21 Å². The van der Waals surface area contributed by atoms with E-state index in [2.05, 4.69) is 11.0 Å². The summed E-state index contributed by atoms with van der Waals surface area (Å²) in [6.07, 6.45) is 0.806. The predicted octanol–water partition coefficient (Wildman–Crippen LogP) is 3.07. The molecule has 0 spiro atoms. The van der Waals surface area contributed by atoms with Gasteiger partial charge in [-0.1, -0.05) is 18.2 Å². The summed E-state index contributed by atoms with van der Waals surface area (Å²) >= 11 is 0. The average molecular weight is 384 g/mol. The first-order valence-corrected chi connectivity index (χ1v) is 10.6. The van der Waals surface area contributed by atoms with Crippen molar-refractivity contribution < 1.29 is 8.42 Å². The van der Waals surface area contributed by atoms with E-state index in [1.807, 2.05) is 44.2 Å². The molecule has 1 aliphatic rings. The summed E-state index contributed by atoms with van der Waals surface area (Å²) in [5, 5.41) is 8.90. The van der Waals surface area contributed by atoms with Crippen LogP contribution in [0.4, 0.5) is 0 Å². The zero-order valence-electron chi connectivity index (χ0n) is 15.9. The van der Waals surface area contributed by atoms with E-state index >= 15 is 0 Å². The highest BCUT2D eigenvalue weighted by atomic mass is 32.2. The van der Waals surface area contributed by atoms with Crippen molar-refractivity contribution in [3.8, 4) is 6.07 Å². The quantitative estimate of drug-likeness (QED) is 0.814. The van der Waals surface area contributed by atoms with E-state index in [1.54, 1.807) is 16.4 Å². The van der Waals surface area contributed by atoms with Crippen LogP contribution in [0.2, 0.25) is 0 Å². The van der Waals surface area contributed by atoms with Crippen LogP contribution in [0.1, 0.15) is 28.7 Å². The molecule has 3 rings (SSSR count). The molecule has 0 bridgehead atoms. The van der Waals surface area contributed by atoms with Crippen LogP contribution in [0, 0.1) is 25.2 Å². The molecule has 0 amide bonds. The molecule has 2 aromatic rings. The minimum absolute atomic E-state index is 0.381. The lowest BCUT2D eigenvalue weighted by Crippen LogP contribution is -2.35. The van der Waals surface area contributed by atoms with Gasteiger partial charge in [-0.25, -0.2) is 8.42 Å². The Labute approximate surface area is 161 Å². The summed E-state index contributed by atoms with van der Waals surface area (Å²) in [7, 11) is -3.46. The maximum atomic E-state index is 13.0. The number of benzene rings is 2. The van der Waals surface area contributed by atoms with Crippen molar-refractivity contribution in [2.24, 2.45) is 0 Å². The van der Waals surface area contributed by atoms with Gasteiger partial charge >= 0.3 is 0 Å². The van der Waals surface area contributed by atoms with E-state index in [0.29, 0.717) is 30.1 Å². The Kier molecular flexibility index (Phi) is 5.95. The Morgan fingerprint density at radius 3 is 2.37 bits per heavy atom. The fourth-order valence-corrected chi connectivity index (χ4v) is 4.87. The molecule has 1 heterocycles. The summed E-state index contributed by atoms with van der Waals surface area (Å²) in [4.78, 5) is 2.66. The number of hydrogen-bond donors (Lipinski definition) is 0. The standard InChI is InChI=1S/C21H25N3O2S/c1-17-4-9-21(14-18(17)2)27(25,26)24-11-3-10-23(12-13-24)16-20-7-5-19(15-22)6-8-20/h4-9,14H,3,10-13,16H2,1-2H3. The van der Waals surface area contributed by atoms with Gasteiger partial charge in [-0.05, 0) is 67.8 Å². The molecule has 0 atom stereocenters. The highest BCUT2D eigenvalue weighted by molar-refractivity contribution is 7.89. The molecule has 142 valence electrons. The van der Waals surface area contributed by atoms with Gasteiger partial charge in [0.25, 0.3) is 0 Å². The molecule has 1 fully saturated rings. The van der Waals surface area contributed by atoms with E-state index in [9.17, 15) is 8.42 Å². The van der Waals surface area contributed by atoms with Crippen molar-refractivity contribution in [1.29, 1.82) is 5.26 Å². The van der Waals surface area contributed by atoms with Gasteiger partial charge < -0.3 is 0 Å². The zero-order chi connectivity index (χ0) is 19.4. The Morgan fingerprint density at radius 1 is 0.963 bits per heavy atom. The normalized spacial score (nSPS) is 16.6. The number of nitriles is 1. The molecule has 27 heavy (non-hydrogen) atoms. The first-order valence-electron chi connectivity index (χ1n) is 9.19. The zero-order valence-corrected chi connectivity index (χ0v) is 16.7. The minimum Gasteiger partial charge on any atom is -0.298 e. The lowest BCUT2D eigenvalue weighted by Gasteiger charge is -2.22. The van der Waals surface area contributed by atoms with Gasteiger partial charge in [0.15, 0.2) is 0 Å². The van der Waals surface area contributed by atoms with Gasteiger partial charge in [0.1, 0.15) is 0 Å². The maximum Gasteiger partial charge on any atom is 0.243 e. The molecule has 0 saturated carbocycles. The van der Waals surface area contributed by atoms with Gasteiger partial charge in [-0.3, -0.25) is 4.90 Å². The van der Waals surface area contributed by atoms with Crippen LogP contribution >= 0.6 is 0 Å². The van der Waals surface area contributed by atoms with Crippen molar-refractivity contribution in [2.75, 3.05) is 26.2 Å². The monoisotopic (exact) mass is 383 g/mol. The summed E-state index contributed by atoms with van der Waals surface area (Å²) in [5.74, 6) is 0. The van der Waals surface area contributed by atoms with Crippen LogP contribution < -0.4 is 0 Å². The van der Waals surface area contributed by atoms with Gasteiger partial charge in [0, 0.05) is 26.2 Å². The van der Waals surface area contributed by atoms with Crippen LogP contribution in [0.25, 0.3) is 0 Å². The molecule has 2 aromatic carbocycles. The fraction of sp³-hybridized carbons (Fsp3) is 0.381. The molecule has 0 aliphatic carbocycles. The van der Waals surface area contributed by atoms with Crippen LogP contribution in [0.3, 0.4) is 0 Å². The Morgan fingerprint density at radius 2 is 1.70 bits per heavy atom. The lowest BCUT2D eigenvalue weighted by atomic mass is 10.1. The van der Waals surface area contributed by atoms with Crippen molar-refractivity contribution in [2.45, 2.75) is 31.7 Å². The number of sulfonamides is 1. The maximum absolute atomic E-state index is 13.0. The van der Waals surface area contributed by atoms with Crippen LogP contribution in [0.5, 0.6) is 0 Å². The fourth-order valence-electron chi connectivity index (χ4n) is 3.31. The molecule has 0 N–H and O–H groups in total. The average Bonchev–Trinajstić information content (AvgIpc) is 2.90. The number of hydrogen-bond acceptors (Lipinski definition) is 4. The molecule has 1 aliphatic heterocycles. The second-order valence-corrected chi connectivity index (χ2v) is 9.03. The van der Waals surface area contributed by atoms with E-state index < -0.39 is 10.0 Å². The second-order valence-electron chi connectivity index (χ2n) is 7.09. The molecule has 5 nitrogen and oxygen atoms in total. The lowest BCUT2D eigenvalue weighted by molar-refractivity contribution is 0.278. The molecular weight excluding hydrogens is 358 g/mol. The van der Waals surface area contributed by atoms with Crippen LogP contribution in [-0.2, 0) is 16.6 Å². The second kappa shape index (κ2) is 8.22. The van der Waals surface area contributed by atoms with Crippen molar-refractivity contribution >= 4 is 10.0 Å². The van der Waals surface area contributed by atoms with Gasteiger partial charge in [-0.15, -0.1) is 0 Å². The highest BCUT2D eigenvalue weighted by Gasteiger charge is 2.27. The Bertz CT molecular complexity index is 946. The molecule has 0 aromatic heterocycles. The third kappa shape index (κ3) is 4.56. The summed E-state index contributed by atoms with van der Waals surface area (Å²) in [6, 6.07) is 15.0. The third-order valence-electron chi connectivity index (χ3n) is 5.15. The van der Waals surface area contributed by atoms with E-state index in [-0.39, 0.29) is 0 Å². The Hall–Kier alpha value is -2.20. The highest BCUT2D eigenvalue weighted by Crippen LogP contribution is 2.21. The van der Waals surface area contributed by atoms with Crippen LogP contribution in [-0.4, -0.2) is 43.8 Å². The number of rotatable bonds is 4. The smallest absolute Gasteiger partial charge is 0.243 e. The molecule has 1 saturated heterocycles. The van der Waals surface area contributed by atoms with E-state index in [0.717, 1.165) is 36.2 Å². The molecule has 0 unspecified atom stereocenters. The van der Waals surface area contributed by atoms with Crippen molar-refractivity contribution in [3.05, 3.63) is 64.7 Å². The first kappa shape index (κ1) is 19.6.